The number of nitrogens with one attached hydrogen (secondary N) is 2. The Hall–Kier alpha value is -3.94. The number of alkyl halides is 3. The molecule has 0 unspecified atom stereocenters. The van der Waals surface area contributed by atoms with Crippen molar-refractivity contribution in [3.05, 3.63) is 84.4 Å². The van der Waals surface area contributed by atoms with Gasteiger partial charge in [-0.05, 0) is 67.1 Å². The number of halogens is 3. The lowest BCUT2D eigenvalue weighted by Crippen LogP contribution is -2.04. The molecule has 0 radical (unpaired) electrons. The van der Waals surface area contributed by atoms with Crippen molar-refractivity contribution >= 4 is 17.2 Å². The Morgan fingerprint density at radius 2 is 1.50 bits per heavy atom. The summed E-state index contributed by atoms with van der Waals surface area (Å²) in [6, 6.07) is 14.5. The molecule has 0 atom stereocenters. The summed E-state index contributed by atoms with van der Waals surface area (Å²) in [6.07, 6.45) is 0.746. The van der Waals surface area contributed by atoms with Crippen molar-refractivity contribution in [3.8, 4) is 22.4 Å². The van der Waals surface area contributed by atoms with Gasteiger partial charge in [0.1, 0.15) is 5.82 Å². The lowest BCUT2D eigenvalue weighted by molar-refractivity contribution is -0.137. The van der Waals surface area contributed by atoms with Crippen LogP contribution in [0.5, 0.6) is 0 Å². The van der Waals surface area contributed by atoms with Crippen LogP contribution in [0.2, 0.25) is 0 Å². The second-order valence-electron chi connectivity index (χ2n) is 7.17. The molecule has 0 spiro atoms. The predicted octanol–water partition coefficient (Wildman–Crippen LogP) is 6.32. The first-order valence-corrected chi connectivity index (χ1v) is 9.85. The third kappa shape index (κ3) is 4.69. The molecular formula is C24H20F3N5. The van der Waals surface area contributed by atoms with Crippen molar-refractivity contribution in [2.45, 2.75) is 13.1 Å². The molecule has 0 bridgehead atoms. The van der Waals surface area contributed by atoms with Gasteiger partial charge in [0.25, 0.3) is 0 Å². The van der Waals surface area contributed by atoms with Crippen LogP contribution in [0.4, 0.5) is 30.4 Å². The molecule has 8 heteroatoms. The van der Waals surface area contributed by atoms with Crippen LogP contribution in [-0.2, 0) is 6.18 Å². The second-order valence-corrected chi connectivity index (χ2v) is 7.17. The van der Waals surface area contributed by atoms with Crippen LogP contribution in [0, 0.1) is 6.92 Å². The van der Waals surface area contributed by atoms with Gasteiger partial charge in [-0.1, -0.05) is 0 Å². The fourth-order valence-electron chi connectivity index (χ4n) is 3.29. The molecule has 4 aromatic rings. The van der Waals surface area contributed by atoms with E-state index < -0.39 is 11.7 Å². The minimum Gasteiger partial charge on any atom is -0.373 e. The van der Waals surface area contributed by atoms with Crippen LogP contribution in [0.3, 0.4) is 0 Å². The summed E-state index contributed by atoms with van der Waals surface area (Å²) in [5.74, 6) is 0.746. The van der Waals surface area contributed by atoms with Crippen LogP contribution in [0.1, 0.15) is 11.3 Å². The van der Waals surface area contributed by atoms with E-state index in [1.165, 1.54) is 12.1 Å². The average Bonchev–Trinajstić information content (AvgIpc) is 2.80. The number of nitrogens with zero attached hydrogens (tertiary/aromatic N) is 3. The van der Waals surface area contributed by atoms with Gasteiger partial charge < -0.3 is 10.6 Å². The lowest BCUT2D eigenvalue weighted by Gasteiger charge is -2.12. The Morgan fingerprint density at radius 3 is 2.22 bits per heavy atom. The summed E-state index contributed by atoms with van der Waals surface area (Å²) in [5, 5.41) is 6.13. The Bertz CT molecular complexity index is 1240. The van der Waals surface area contributed by atoms with E-state index in [9.17, 15) is 13.2 Å². The summed E-state index contributed by atoms with van der Waals surface area (Å²) >= 11 is 0. The highest BCUT2D eigenvalue weighted by atomic mass is 19.4. The zero-order chi connectivity index (χ0) is 22.7. The first-order chi connectivity index (χ1) is 15.3. The zero-order valence-electron chi connectivity index (χ0n) is 17.4. The standard InChI is InChI=1S/C24H20F3N5/c1-15-21(16-7-9-29-22(11-16)17-8-10-30-23(12-17)28-2)13-20(14-31-15)32-19-5-3-18(4-6-19)24(25,26)27/h3-14,32H,1-2H3,(H,28,30). The molecule has 3 aromatic heterocycles. The molecule has 2 N–H and O–H groups in total. The monoisotopic (exact) mass is 435 g/mol. The fraction of sp³-hybridized carbons (Fsp3) is 0.125. The zero-order valence-corrected chi connectivity index (χ0v) is 17.4. The fourth-order valence-corrected chi connectivity index (χ4v) is 3.29. The summed E-state index contributed by atoms with van der Waals surface area (Å²) in [5.41, 5.74) is 4.90. The van der Waals surface area contributed by atoms with Gasteiger partial charge in [-0.15, -0.1) is 0 Å². The van der Waals surface area contributed by atoms with Crippen LogP contribution in [0.15, 0.2) is 73.2 Å². The van der Waals surface area contributed by atoms with Crippen LogP contribution < -0.4 is 10.6 Å². The number of anilines is 3. The maximum atomic E-state index is 12.8. The van der Waals surface area contributed by atoms with Crippen LogP contribution in [-0.4, -0.2) is 22.0 Å². The molecule has 3 heterocycles. The van der Waals surface area contributed by atoms with E-state index in [1.54, 1.807) is 25.6 Å². The van der Waals surface area contributed by atoms with Crippen molar-refractivity contribution in [1.29, 1.82) is 0 Å². The normalized spacial score (nSPS) is 11.3. The van der Waals surface area contributed by atoms with E-state index in [0.717, 1.165) is 46.0 Å². The van der Waals surface area contributed by atoms with Gasteiger partial charge in [0, 0.05) is 41.9 Å². The molecule has 32 heavy (non-hydrogen) atoms. The highest BCUT2D eigenvalue weighted by molar-refractivity contribution is 5.75. The molecule has 0 fully saturated rings. The van der Waals surface area contributed by atoms with E-state index in [0.29, 0.717) is 11.4 Å². The number of pyridine rings is 3. The maximum absolute atomic E-state index is 12.8. The highest BCUT2D eigenvalue weighted by Gasteiger charge is 2.29. The predicted molar refractivity (Wildman–Crippen MR) is 120 cm³/mol. The van der Waals surface area contributed by atoms with Crippen molar-refractivity contribution in [2.24, 2.45) is 0 Å². The highest BCUT2D eigenvalue weighted by Crippen LogP contribution is 2.32. The molecule has 0 saturated carbocycles. The van der Waals surface area contributed by atoms with Gasteiger partial charge in [-0.3, -0.25) is 9.97 Å². The van der Waals surface area contributed by atoms with Gasteiger partial charge in [0.05, 0.1) is 23.1 Å². The van der Waals surface area contributed by atoms with E-state index in [4.69, 9.17) is 0 Å². The van der Waals surface area contributed by atoms with Crippen molar-refractivity contribution in [3.63, 3.8) is 0 Å². The van der Waals surface area contributed by atoms with E-state index in [1.807, 2.05) is 37.3 Å². The van der Waals surface area contributed by atoms with Gasteiger partial charge in [0.15, 0.2) is 0 Å². The summed E-state index contributed by atoms with van der Waals surface area (Å²) in [7, 11) is 1.81. The quantitative estimate of drug-likeness (QED) is 0.384. The lowest BCUT2D eigenvalue weighted by atomic mass is 10.0. The Kier molecular flexibility index (Phi) is 5.77. The van der Waals surface area contributed by atoms with E-state index in [2.05, 4.69) is 25.6 Å². The molecular weight excluding hydrogens is 415 g/mol. The SMILES string of the molecule is CNc1cc(-c2cc(-c3cc(Nc4ccc(C(F)(F)F)cc4)cnc3C)ccn2)ccn1. The van der Waals surface area contributed by atoms with E-state index >= 15 is 0 Å². The van der Waals surface area contributed by atoms with Crippen LogP contribution >= 0.6 is 0 Å². The summed E-state index contributed by atoms with van der Waals surface area (Å²) in [4.78, 5) is 13.2. The Labute approximate surface area is 183 Å². The van der Waals surface area contributed by atoms with Gasteiger partial charge in [-0.25, -0.2) is 4.98 Å². The summed E-state index contributed by atoms with van der Waals surface area (Å²) in [6.45, 7) is 1.91. The smallest absolute Gasteiger partial charge is 0.373 e. The minimum atomic E-state index is -4.36. The largest absolute Gasteiger partial charge is 0.416 e. The molecule has 5 nitrogen and oxygen atoms in total. The number of hydrogen-bond donors (Lipinski definition) is 2. The molecule has 0 aliphatic heterocycles. The minimum absolute atomic E-state index is 0.543. The molecule has 4 rings (SSSR count). The number of benzene rings is 1. The van der Waals surface area contributed by atoms with Gasteiger partial charge in [-0.2, -0.15) is 13.2 Å². The second kappa shape index (κ2) is 8.66. The molecule has 0 aliphatic rings. The number of rotatable bonds is 5. The van der Waals surface area contributed by atoms with E-state index in [-0.39, 0.29) is 0 Å². The average molecular weight is 435 g/mol. The molecule has 162 valence electrons. The van der Waals surface area contributed by atoms with Crippen molar-refractivity contribution in [2.75, 3.05) is 17.7 Å². The summed E-state index contributed by atoms with van der Waals surface area (Å²) < 4.78 is 38.4. The molecule has 0 aliphatic carbocycles. The van der Waals surface area contributed by atoms with Crippen LogP contribution in [0.25, 0.3) is 22.4 Å². The van der Waals surface area contributed by atoms with Gasteiger partial charge in [0.2, 0.25) is 0 Å². The van der Waals surface area contributed by atoms with Crippen molar-refractivity contribution < 1.29 is 13.2 Å². The van der Waals surface area contributed by atoms with Gasteiger partial charge >= 0.3 is 6.18 Å². The Morgan fingerprint density at radius 1 is 0.781 bits per heavy atom. The molecule has 0 saturated heterocycles. The number of aromatic nitrogens is 3. The first kappa shape index (κ1) is 21.3. The molecule has 1 aromatic carbocycles. The van der Waals surface area contributed by atoms with Crippen molar-refractivity contribution in [1.82, 2.24) is 15.0 Å². The topological polar surface area (TPSA) is 62.7 Å². The third-order valence-corrected chi connectivity index (χ3v) is 4.97. The number of hydrogen-bond acceptors (Lipinski definition) is 5. The third-order valence-electron chi connectivity index (χ3n) is 4.97. The first-order valence-electron chi connectivity index (χ1n) is 9.85. The maximum Gasteiger partial charge on any atom is 0.416 e. The molecule has 0 amide bonds. The number of aryl methyl sites for hydroxylation is 1. The Balaban J connectivity index is 1.63.